The normalized spacial score (nSPS) is 20.1. The highest BCUT2D eigenvalue weighted by atomic mass is 79.9. The molecular weight excluding hydrogens is 552 g/mol. The summed E-state index contributed by atoms with van der Waals surface area (Å²) in [5, 5.41) is 3.75. The van der Waals surface area contributed by atoms with Crippen molar-refractivity contribution in [3.63, 3.8) is 0 Å². The van der Waals surface area contributed by atoms with Crippen LogP contribution in [-0.4, -0.2) is 69.3 Å². The minimum absolute atomic E-state index is 0.0770. The molecule has 3 atom stereocenters. The number of ether oxygens (including phenoxy) is 1. The smallest absolute Gasteiger partial charge is 0.345 e. The molecule has 3 amide bonds. The van der Waals surface area contributed by atoms with Crippen molar-refractivity contribution < 1.29 is 27.9 Å². The Labute approximate surface area is 219 Å². The van der Waals surface area contributed by atoms with Crippen LogP contribution < -0.4 is 5.32 Å². The molecule has 2 N–H and O–H groups in total. The first-order valence-electron chi connectivity index (χ1n) is 11.7. The molecule has 1 aromatic carbocycles. The molecule has 0 aliphatic carbocycles. The Morgan fingerprint density at radius 2 is 2.11 bits per heavy atom. The molecule has 2 aliphatic rings. The average Bonchev–Trinajstić information content (AvgIpc) is 3.54. The molecule has 0 spiro atoms. The number of H-pyrrole nitrogens is 1. The maximum atomic E-state index is 13.3. The van der Waals surface area contributed by atoms with Crippen LogP contribution in [0.15, 0.2) is 47.2 Å². The summed E-state index contributed by atoms with van der Waals surface area (Å²) >= 11 is 3.38. The molecule has 194 valence electrons. The van der Waals surface area contributed by atoms with E-state index in [0.717, 1.165) is 26.6 Å². The minimum Gasteiger partial charge on any atom is -0.357 e. The van der Waals surface area contributed by atoms with E-state index in [9.17, 15) is 23.2 Å². The number of carbonyl (C=O) groups is 3. The molecule has 0 unspecified atom stereocenters. The number of amides is 3. The molecule has 4 heterocycles. The zero-order valence-electron chi connectivity index (χ0n) is 19.8. The van der Waals surface area contributed by atoms with Gasteiger partial charge in [-0.3, -0.25) is 19.4 Å². The summed E-state index contributed by atoms with van der Waals surface area (Å²) in [5.41, 5.74) is 2.88. The van der Waals surface area contributed by atoms with Crippen LogP contribution in [0.1, 0.15) is 41.0 Å². The number of aromatic amines is 1. The molecule has 2 aromatic heterocycles. The number of aromatic nitrogens is 2. The monoisotopic (exact) mass is 575 g/mol. The van der Waals surface area contributed by atoms with E-state index < -0.39 is 36.6 Å². The van der Waals surface area contributed by atoms with Gasteiger partial charge in [0.1, 0.15) is 12.6 Å². The fourth-order valence-corrected chi connectivity index (χ4v) is 5.32. The molecule has 5 rings (SSSR count). The van der Waals surface area contributed by atoms with E-state index in [1.807, 2.05) is 18.2 Å². The lowest BCUT2D eigenvalue weighted by Gasteiger charge is -2.27. The second kappa shape index (κ2) is 10.2. The van der Waals surface area contributed by atoms with Crippen molar-refractivity contribution in [1.29, 1.82) is 0 Å². The van der Waals surface area contributed by atoms with Crippen molar-refractivity contribution in [2.24, 2.45) is 0 Å². The summed E-state index contributed by atoms with van der Waals surface area (Å²) in [4.78, 5) is 49.2. The fraction of sp³-hybridized carbons (Fsp3) is 0.360. The van der Waals surface area contributed by atoms with Crippen LogP contribution in [0.4, 0.5) is 8.78 Å². The highest BCUT2D eigenvalue weighted by Gasteiger charge is 2.42. The first-order chi connectivity index (χ1) is 17.7. The van der Waals surface area contributed by atoms with Gasteiger partial charge in [0, 0.05) is 58.5 Å². The van der Waals surface area contributed by atoms with Gasteiger partial charge in [-0.2, -0.15) is 8.78 Å². The van der Waals surface area contributed by atoms with E-state index in [2.05, 4.69) is 36.0 Å². The summed E-state index contributed by atoms with van der Waals surface area (Å²) < 4.78 is 31.4. The topological polar surface area (TPSA) is 108 Å². The van der Waals surface area contributed by atoms with Crippen LogP contribution >= 0.6 is 15.9 Å². The maximum absolute atomic E-state index is 13.3. The first-order valence-corrected chi connectivity index (χ1v) is 12.5. The molecule has 3 aromatic rings. The van der Waals surface area contributed by atoms with Crippen LogP contribution in [0.2, 0.25) is 0 Å². The van der Waals surface area contributed by atoms with Crippen LogP contribution in [0, 0.1) is 0 Å². The number of alkyl halides is 2. The molecule has 0 radical (unpaired) electrons. The van der Waals surface area contributed by atoms with E-state index >= 15 is 0 Å². The molecule has 0 bridgehead atoms. The number of carbonyl (C=O) groups excluding carboxylic acids is 3. The Morgan fingerprint density at radius 3 is 2.86 bits per heavy atom. The van der Waals surface area contributed by atoms with Crippen LogP contribution in [0.3, 0.4) is 0 Å². The van der Waals surface area contributed by atoms with Crippen molar-refractivity contribution in [3.05, 3.63) is 64.0 Å². The van der Waals surface area contributed by atoms with E-state index in [4.69, 9.17) is 0 Å². The van der Waals surface area contributed by atoms with Gasteiger partial charge in [-0.25, -0.2) is 0 Å². The highest BCUT2D eigenvalue weighted by molar-refractivity contribution is 9.10. The molecule has 0 saturated carbocycles. The predicted molar refractivity (Wildman–Crippen MR) is 133 cm³/mol. The number of likely N-dealkylation sites (tertiary alicyclic amines) is 1. The SMILES string of the molecule is C[C@@H](NC(=O)[C@@H]1C[C@@H](OC(F)F)CN1C(=O)CN1Cc2cc(Br)ccc2C1=O)c1cc2cnccc2[nH]1. The van der Waals surface area contributed by atoms with Crippen LogP contribution in [0.25, 0.3) is 10.9 Å². The minimum atomic E-state index is -3.03. The van der Waals surface area contributed by atoms with Gasteiger partial charge in [0.05, 0.1) is 12.1 Å². The molecular formula is C25H24BrF2N5O4. The van der Waals surface area contributed by atoms with Gasteiger partial charge in [0.25, 0.3) is 5.91 Å². The highest BCUT2D eigenvalue weighted by Crippen LogP contribution is 2.28. The number of hydrogen-bond donors (Lipinski definition) is 2. The number of rotatable bonds is 7. The molecule has 9 nitrogen and oxygen atoms in total. The van der Waals surface area contributed by atoms with Gasteiger partial charge in [0.2, 0.25) is 11.8 Å². The summed E-state index contributed by atoms with van der Waals surface area (Å²) in [6.45, 7) is -1.46. The zero-order chi connectivity index (χ0) is 26.3. The number of nitrogens with one attached hydrogen (secondary N) is 2. The Kier molecular flexibility index (Phi) is 6.95. The van der Waals surface area contributed by atoms with Crippen molar-refractivity contribution in [3.8, 4) is 0 Å². The maximum Gasteiger partial charge on any atom is 0.345 e. The zero-order valence-corrected chi connectivity index (χ0v) is 21.4. The second-order valence-electron chi connectivity index (χ2n) is 9.20. The summed E-state index contributed by atoms with van der Waals surface area (Å²) in [7, 11) is 0. The van der Waals surface area contributed by atoms with E-state index in [-0.39, 0.29) is 32.0 Å². The van der Waals surface area contributed by atoms with Crippen molar-refractivity contribution in [1.82, 2.24) is 25.1 Å². The van der Waals surface area contributed by atoms with Gasteiger partial charge in [-0.1, -0.05) is 15.9 Å². The van der Waals surface area contributed by atoms with Gasteiger partial charge >= 0.3 is 6.61 Å². The predicted octanol–water partition coefficient (Wildman–Crippen LogP) is 3.37. The number of nitrogens with zero attached hydrogens (tertiary/aromatic N) is 3. The molecule has 12 heteroatoms. The van der Waals surface area contributed by atoms with Crippen molar-refractivity contribution in [2.45, 2.75) is 44.7 Å². The third-order valence-corrected chi connectivity index (χ3v) is 7.21. The number of halogens is 3. The lowest BCUT2D eigenvalue weighted by Crippen LogP contribution is -2.49. The lowest BCUT2D eigenvalue weighted by atomic mass is 10.1. The number of hydrogen-bond acceptors (Lipinski definition) is 5. The molecule has 37 heavy (non-hydrogen) atoms. The third kappa shape index (κ3) is 5.21. The van der Waals surface area contributed by atoms with Crippen LogP contribution in [0.5, 0.6) is 0 Å². The number of benzene rings is 1. The Morgan fingerprint density at radius 1 is 1.30 bits per heavy atom. The second-order valence-corrected chi connectivity index (χ2v) is 10.1. The Balaban J connectivity index is 1.29. The van der Waals surface area contributed by atoms with E-state index in [0.29, 0.717) is 5.56 Å². The standard InChI is InChI=1S/C25H24BrF2N5O4/c1-13(20-7-14-9-29-5-4-19(14)31-20)30-23(35)21-8-17(37-25(27)28)11-33(21)22(34)12-32-10-15-6-16(26)2-3-18(15)24(32)36/h2-7,9,13,17,21,25,31H,8,10-12H2,1H3,(H,30,35)/t13-,17-,21+/m1/s1. The van der Waals surface area contributed by atoms with Gasteiger partial charge in [0.15, 0.2) is 0 Å². The van der Waals surface area contributed by atoms with E-state index in [1.165, 1.54) is 9.80 Å². The molecule has 1 fully saturated rings. The summed E-state index contributed by atoms with van der Waals surface area (Å²) in [5.74, 6) is -1.29. The Bertz CT molecular complexity index is 1330. The van der Waals surface area contributed by atoms with Gasteiger partial charge in [-0.05, 0) is 42.8 Å². The average molecular weight is 576 g/mol. The molecule has 1 saturated heterocycles. The van der Waals surface area contributed by atoms with Crippen molar-refractivity contribution >= 4 is 44.6 Å². The lowest BCUT2D eigenvalue weighted by molar-refractivity contribution is -0.160. The fourth-order valence-electron chi connectivity index (χ4n) is 4.91. The van der Waals surface area contributed by atoms with Gasteiger partial charge < -0.3 is 24.8 Å². The van der Waals surface area contributed by atoms with E-state index in [1.54, 1.807) is 31.5 Å². The van der Waals surface area contributed by atoms with Gasteiger partial charge in [-0.15, -0.1) is 0 Å². The summed E-state index contributed by atoms with van der Waals surface area (Å²) in [6.07, 6.45) is 2.27. The Hall–Kier alpha value is -3.38. The van der Waals surface area contributed by atoms with Crippen LogP contribution in [-0.2, 0) is 20.9 Å². The molecule has 2 aliphatic heterocycles. The summed E-state index contributed by atoms with van der Waals surface area (Å²) in [6, 6.07) is 7.47. The first kappa shape index (κ1) is 25.3. The number of fused-ring (bicyclic) bond motifs is 2. The van der Waals surface area contributed by atoms with Crippen molar-refractivity contribution in [2.75, 3.05) is 13.1 Å². The quantitative estimate of drug-likeness (QED) is 0.449. The third-order valence-electron chi connectivity index (χ3n) is 6.72. The number of pyridine rings is 1. The largest absolute Gasteiger partial charge is 0.357 e.